The highest BCUT2D eigenvalue weighted by Gasteiger charge is 2.23. The quantitative estimate of drug-likeness (QED) is 0.511. The van der Waals surface area contributed by atoms with Gasteiger partial charge in [-0.1, -0.05) is 6.42 Å². The summed E-state index contributed by atoms with van der Waals surface area (Å²) in [5, 5.41) is 17.6. The van der Waals surface area contributed by atoms with Crippen LogP contribution >= 0.6 is 0 Å². The first-order valence-corrected chi connectivity index (χ1v) is 3.13. The van der Waals surface area contributed by atoms with Gasteiger partial charge >= 0.3 is 0 Å². The van der Waals surface area contributed by atoms with Crippen LogP contribution in [0.5, 0.6) is 0 Å². The van der Waals surface area contributed by atoms with Gasteiger partial charge in [0.05, 0.1) is 6.10 Å². The zero-order valence-corrected chi connectivity index (χ0v) is 4.88. The van der Waals surface area contributed by atoms with E-state index in [1.54, 1.807) is 0 Å². The number of aliphatic hydroxyl groups is 2. The van der Waals surface area contributed by atoms with Gasteiger partial charge in [0.25, 0.3) is 0 Å². The van der Waals surface area contributed by atoms with Crippen molar-refractivity contribution < 1.29 is 10.2 Å². The van der Waals surface area contributed by atoms with E-state index in [4.69, 9.17) is 10.2 Å². The molecule has 0 aromatic carbocycles. The van der Waals surface area contributed by atoms with Crippen molar-refractivity contribution >= 4 is 0 Å². The van der Waals surface area contributed by atoms with E-state index in [1.165, 1.54) is 0 Å². The van der Waals surface area contributed by atoms with Crippen molar-refractivity contribution in [1.82, 2.24) is 0 Å². The average molecular weight is 116 g/mol. The number of aliphatic hydroxyl groups excluding tert-OH is 2. The van der Waals surface area contributed by atoms with Gasteiger partial charge < -0.3 is 10.2 Å². The molecule has 2 nitrogen and oxygen atoms in total. The van der Waals surface area contributed by atoms with Crippen LogP contribution in [0.15, 0.2) is 0 Å². The summed E-state index contributed by atoms with van der Waals surface area (Å²) in [6.07, 6.45) is 2.73. The van der Waals surface area contributed by atoms with E-state index in [0.29, 0.717) is 0 Å². The monoisotopic (exact) mass is 116 g/mol. The van der Waals surface area contributed by atoms with Crippen molar-refractivity contribution in [2.75, 3.05) is 6.61 Å². The normalized spacial score (nSPS) is 38.2. The molecular formula is C6H12O2. The third-order valence-corrected chi connectivity index (χ3v) is 1.85. The summed E-state index contributed by atoms with van der Waals surface area (Å²) in [5.41, 5.74) is 0. The van der Waals surface area contributed by atoms with Gasteiger partial charge in [0, 0.05) is 12.5 Å². The fourth-order valence-corrected chi connectivity index (χ4v) is 1.23. The molecule has 1 saturated carbocycles. The molecule has 0 spiro atoms. The first-order chi connectivity index (χ1) is 3.84. The van der Waals surface area contributed by atoms with Gasteiger partial charge in [0.2, 0.25) is 0 Å². The van der Waals surface area contributed by atoms with Crippen LogP contribution in [0, 0.1) is 5.92 Å². The lowest BCUT2D eigenvalue weighted by molar-refractivity contribution is 0.0909. The van der Waals surface area contributed by atoms with Gasteiger partial charge in [-0.25, -0.2) is 0 Å². The second-order valence-electron chi connectivity index (χ2n) is 2.44. The maximum atomic E-state index is 9.03. The number of rotatable bonds is 1. The molecule has 0 unspecified atom stereocenters. The Labute approximate surface area is 49.1 Å². The summed E-state index contributed by atoms with van der Waals surface area (Å²) in [7, 11) is 0. The van der Waals surface area contributed by atoms with Crippen molar-refractivity contribution in [3.63, 3.8) is 0 Å². The van der Waals surface area contributed by atoms with E-state index in [1.807, 2.05) is 0 Å². The molecule has 0 amide bonds. The fourth-order valence-electron chi connectivity index (χ4n) is 1.23. The number of hydrogen-bond donors (Lipinski definition) is 2. The molecule has 0 aromatic heterocycles. The highest BCUT2D eigenvalue weighted by Crippen LogP contribution is 2.24. The predicted molar refractivity (Wildman–Crippen MR) is 30.4 cm³/mol. The van der Waals surface area contributed by atoms with Crippen LogP contribution in [0.3, 0.4) is 0 Å². The molecule has 0 saturated heterocycles. The second kappa shape index (κ2) is 2.46. The molecule has 1 fully saturated rings. The Balaban J connectivity index is 2.30. The summed E-state index contributed by atoms with van der Waals surface area (Å²) in [5.74, 6) is 0.176. The minimum atomic E-state index is -0.222. The zero-order valence-electron chi connectivity index (χ0n) is 4.88. The largest absolute Gasteiger partial charge is 0.396 e. The van der Waals surface area contributed by atoms with E-state index >= 15 is 0 Å². The predicted octanol–water partition coefficient (Wildman–Crippen LogP) is 0.140. The van der Waals surface area contributed by atoms with Gasteiger partial charge in [-0.2, -0.15) is 0 Å². The van der Waals surface area contributed by atoms with Crippen LogP contribution in [0.1, 0.15) is 19.3 Å². The highest BCUT2D eigenvalue weighted by atomic mass is 16.3. The summed E-state index contributed by atoms with van der Waals surface area (Å²) in [4.78, 5) is 0. The SMILES string of the molecule is OC[C@@H]1CCC[C@@H]1O. The lowest BCUT2D eigenvalue weighted by atomic mass is 10.1. The smallest absolute Gasteiger partial charge is 0.0590 e. The summed E-state index contributed by atoms with van der Waals surface area (Å²) in [6.45, 7) is 0.154. The Kier molecular flexibility index (Phi) is 1.86. The lowest BCUT2D eigenvalue weighted by Crippen LogP contribution is -2.16. The molecular weight excluding hydrogens is 104 g/mol. The van der Waals surface area contributed by atoms with Crippen LogP contribution in [0.2, 0.25) is 0 Å². The molecule has 2 heteroatoms. The summed E-state index contributed by atoms with van der Waals surface area (Å²) < 4.78 is 0. The molecule has 1 aliphatic rings. The van der Waals surface area contributed by atoms with Gasteiger partial charge in [-0.3, -0.25) is 0 Å². The van der Waals surface area contributed by atoms with E-state index in [9.17, 15) is 0 Å². The Morgan fingerprint density at radius 2 is 2.12 bits per heavy atom. The van der Waals surface area contributed by atoms with Crippen molar-refractivity contribution in [3.05, 3.63) is 0 Å². The molecule has 0 bridgehead atoms. The Bertz CT molecular complexity index is 72.9. The van der Waals surface area contributed by atoms with Crippen LogP contribution in [0.4, 0.5) is 0 Å². The van der Waals surface area contributed by atoms with Gasteiger partial charge in [-0.05, 0) is 12.8 Å². The second-order valence-corrected chi connectivity index (χ2v) is 2.44. The molecule has 0 aromatic rings. The molecule has 2 N–H and O–H groups in total. The minimum absolute atomic E-state index is 0.154. The molecule has 0 heterocycles. The van der Waals surface area contributed by atoms with Crippen LogP contribution in [0.25, 0.3) is 0 Å². The van der Waals surface area contributed by atoms with E-state index in [2.05, 4.69) is 0 Å². The van der Waals surface area contributed by atoms with Crippen molar-refractivity contribution in [2.45, 2.75) is 25.4 Å². The minimum Gasteiger partial charge on any atom is -0.396 e. The van der Waals surface area contributed by atoms with E-state index in [-0.39, 0.29) is 18.6 Å². The fraction of sp³-hybridized carbons (Fsp3) is 1.00. The highest BCUT2D eigenvalue weighted by molar-refractivity contribution is 4.74. The van der Waals surface area contributed by atoms with Gasteiger partial charge in [0.1, 0.15) is 0 Å². The summed E-state index contributed by atoms with van der Waals surface area (Å²) in [6, 6.07) is 0. The third-order valence-electron chi connectivity index (χ3n) is 1.85. The molecule has 8 heavy (non-hydrogen) atoms. The van der Waals surface area contributed by atoms with E-state index in [0.717, 1.165) is 19.3 Å². The Morgan fingerprint density at radius 1 is 1.38 bits per heavy atom. The Morgan fingerprint density at radius 3 is 2.38 bits per heavy atom. The van der Waals surface area contributed by atoms with Crippen molar-refractivity contribution in [3.8, 4) is 0 Å². The maximum absolute atomic E-state index is 9.03. The molecule has 2 atom stereocenters. The number of hydrogen-bond acceptors (Lipinski definition) is 2. The van der Waals surface area contributed by atoms with E-state index < -0.39 is 0 Å². The molecule has 48 valence electrons. The maximum Gasteiger partial charge on any atom is 0.0590 e. The van der Waals surface area contributed by atoms with Crippen LogP contribution in [-0.4, -0.2) is 22.9 Å². The third kappa shape index (κ3) is 1.01. The molecule has 0 radical (unpaired) electrons. The topological polar surface area (TPSA) is 40.5 Å². The van der Waals surface area contributed by atoms with Gasteiger partial charge in [-0.15, -0.1) is 0 Å². The van der Waals surface area contributed by atoms with Crippen LogP contribution in [-0.2, 0) is 0 Å². The standard InChI is InChI=1S/C6H12O2/c7-4-5-2-1-3-6(5)8/h5-8H,1-4H2/t5-,6-/m0/s1. The lowest BCUT2D eigenvalue weighted by Gasteiger charge is -2.08. The van der Waals surface area contributed by atoms with Crippen LogP contribution < -0.4 is 0 Å². The van der Waals surface area contributed by atoms with Crippen molar-refractivity contribution in [1.29, 1.82) is 0 Å². The molecule has 1 aliphatic carbocycles. The molecule has 0 aliphatic heterocycles. The summed E-state index contributed by atoms with van der Waals surface area (Å²) >= 11 is 0. The van der Waals surface area contributed by atoms with Crippen molar-refractivity contribution in [2.24, 2.45) is 5.92 Å². The first-order valence-electron chi connectivity index (χ1n) is 3.13. The average Bonchev–Trinajstić information content (AvgIpc) is 2.14. The zero-order chi connectivity index (χ0) is 5.98. The first kappa shape index (κ1) is 6.05. The van der Waals surface area contributed by atoms with Gasteiger partial charge in [0.15, 0.2) is 0 Å². The Hall–Kier alpha value is -0.0800. The molecule has 1 rings (SSSR count).